The highest BCUT2D eigenvalue weighted by atomic mass is 32.2. The average Bonchev–Trinajstić information content (AvgIpc) is 2.85. The van der Waals surface area contributed by atoms with Crippen LogP contribution in [0.25, 0.3) is 0 Å². The van der Waals surface area contributed by atoms with Gasteiger partial charge in [-0.15, -0.1) is 0 Å². The van der Waals surface area contributed by atoms with E-state index in [1.54, 1.807) is 30.3 Å². The number of sulfonamides is 1. The Labute approximate surface area is 209 Å². The van der Waals surface area contributed by atoms with E-state index >= 15 is 0 Å². The number of rotatable bonds is 10. The monoisotopic (exact) mass is 515 g/mol. The van der Waals surface area contributed by atoms with Crippen LogP contribution >= 0.6 is 0 Å². The van der Waals surface area contributed by atoms with Crippen molar-refractivity contribution in [3.05, 3.63) is 102 Å². The van der Waals surface area contributed by atoms with Gasteiger partial charge in [0.15, 0.2) is 0 Å². The summed E-state index contributed by atoms with van der Waals surface area (Å²) in [6.45, 7) is -0.990. The van der Waals surface area contributed by atoms with Gasteiger partial charge in [-0.2, -0.15) is 0 Å². The van der Waals surface area contributed by atoms with E-state index in [-0.39, 0.29) is 24.2 Å². The summed E-state index contributed by atoms with van der Waals surface area (Å²) >= 11 is 0. The summed E-state index contributed by atoms with van der Waals surface area (Å²) in [5, 5.41) is 2.54. The first-order chi connectivity index (χ1) is 17.1. The van der Waals surface area contributed by atoms with E-state index in [2.05, 4.69) is 5.32 Å². The Kier molecular flexibility index (Phi) is 8.76. The second-order valence-corrected chi connectivity index (χ2v) is 10.1. The quantitative estimate of drug-likeness (QED) is 0.450. The Bertz CT molecular complexity index is 1320. The zero-order chi connectivity index (χ0) is 26.3. The number of carbonyl (C=O) groups excluding carboxylic acids is 2. The molecule has 0 saturated heterocycles. The Balaban J connectivity index is 2.04. The number of amides is 2. The lowest BCUT2D eigenvalue weighted by Crippen LogP contribution is -2.53. The number of nitrogens with zero attached hydrogens (tertiary/aromatic N) is 2. The van der Waals surface area contributed by atoms with Crippen molar-refractivity contribution in [2.75, 3.05) is 24.2 Å². The van der Waals surface area contributed by atoms with E-state index < -0.39 is 46.1 Å². The first-order valence-electron chi connectivity index (χ1n) is 11.1. The van der Waals surface area contributed by atoms with Gasteiger partial charge in [-0.3, -0.25) is 13.9 Å². The van der Waals surface area contributed by atoms with Crippen molar-refractivity contribution in [1.82, 2.24) is 10.2 Å². The molecule has 10 heteroatoms. The van der Waals surface area contributed by atoms with Gasteiger partial charge in [-0.25, -0.2) is 17.2 Å². The number of hydrogen-bond acceptors (Lipinski definition) is 4. The molecular weight excluding hydrogens is 488 g/mol. The maximum absolute atomic E-state index is 14.6. The van der Waals surface area contributed by atoms with Crippen LogP contribution < -0.4 is 9.62 Å². The summed E-state index contributed by atoms with van der Waals surface area (Å²) < 4.78 is 54.3. The molecule has 1 N–H and O–H groups in total. The largest absolute Gasteiger partial charge is 0.357 e. The number of nitrogens with one attached hydrogen (secondary N) is 1. The topological polar surface area (TPSA) is 86.8 Å². The highest BCUT2D eigenvalue weighted by molar-refractivity contribution is 7.92. The smallest absolute Gasteiger partial charge is 0.244 e. The summed E-state index contributed by atoms with van der Waals surface area (Å²) in [6.07, 6.45) is 1.01. The third-order valence-electron chi connectivity index (χ3n) is 5.59. The van der Waals surface area contributed by atoms with Crippen molar-refractivity contribution in [3.8, 4) is 0 Å². The fourth-order valence-electron chi connectivity index (χ4n) is 3.78. The highest BCUT2D eigenvalue weighted by Crippen LogP contribution is 2.21. The number of anilines is 1. The van der Waals surface area contributed by atoms with Crippen LogP contribution in [0.15, 0.2) is 78.9 Å². The van der Waals surface area contributed by atoms with Crippen LogP contribution in [0.2, 0.25) is 0 Å². The summed E-state index contributed by atoms with van der Waals surface area (Å²) in [6, 6.07) is 18.5. The summed E-state index contributed by atoms with van der Waals surface area (Å²) in [5.41, 5.74) is 0.864. The molecule has 1 unspecified atom stereocenters. The predicted molar refractivity (Wildman–Crippen MR) is 134 cm³/mol. The first-order valence-corrected chi connectivity index (χ1v) is 13.0. The Morgan fingerprint density at radius 2 is 1.61 bits per heavy atom. The number of likely N-dealkylation sites (N-methyl/N-ethyl adjacent to an activating group) is 1. The van der Waals surface area contributed by atoms with Crippen molar-refractivity contribution in [2.24, 2.45) is 0 Å². The maximum Gasteiger partial charge on any atom is 0.244 e. The molecule has 36 heavy (non-hydrogen) atoms. The molecule has 0 saturated carbocycles. The molecule has 3 rings (SSSR count). The minimum absolute atomic E-state index is 0.0451. The number of carbonyl (C=O) groups is 2. The molecule has 0 heterocycles. The molecule has 0 aliphatic carbocycles. The lowest BCUT2D eigenvalue weighted by atomic mass is 10.0. The highest BCUT2D eigenvalue weighted by Gasteiger charge is 2.33. The Morgan fingerprint density at radius 3 is 2.22 bits per heavy atom. The van der Waals surface area contributed by atoms with E-state index in [4.69, 9.17) is 0 Å². The second kappa shape index (κ2) is 11.8. The van der Waals surface area contributed by atoms with Crippen LogP contribution in [-0.2, 0) is 32.6 Å². The average molecular weight is 516 g/mol. The van der Waals surface area contributed by atoms with Crippen molar-refractivity contribution < 1.29 is 26.8 Å². The fourth-order valence-corrected chi connectivity index (χ4v) is 4.62. The third-order valence-corrected chi connectivity index (χ3v) is 6.73. The van der Waals surface area contributed by atoms with Crippen molar-refractivity contribution >= 4 is 27.5 Å². The van der Waals surface area contributed by atoms with E-state index in [1.807, 2.05) is 6.07 Å². The predicted octanol–water partition coefficient (Wildman–Crippen LogP) is 3.12. The first kappa shape index (κ1) is 26.8. The maximum atomic E-state index is 14.6. The van der Waals surface area contributed by atoms with Crippen LogP contribution in [0.3, 0.4) is 0 Å². The van der Waals surface area contributed by atoms with Crippen LogP contribution in [0.1, 0.15) is 11.1 Å². The van der Waals surface area contributed by atoms with Gasteiger partial charge in [0.1, 0.15) is 24.2 Å². The number of benzene rings is 3. The Morgan fingerprint density at radius 1 is 0.944 bits per heavy atom. The molecule has 3 aromatic rings. The molecule has 1 atom stereocenters. The zero-order valence-electron chi connectivity index (χ0n) is 19.9. The van der Waals surface area contributed by atoms with Crippen LogP contribution in [0, 0.1) is 11.6 Å². The van der Waals surface area contributed by atoms with Crippen molar-refractivity contribution in [3.63, 3.8) is 0 Å². The van der Waals surface area contributed by atoms with Gasteiger partial charge in [0.25, 0.3) is 0 Å². The summed E-state index contributed by atoms with van der Waals surface area (Å²) in [5.74, 6) is -2.50. The molecule has 7 nitrogen and oxygen atoms in total. The van der Waals surface area contributed by atoms with Crippen LogP contribution in [0.4, 0.5) is 14.5 Å². The third kappa shape index (κ3) is 6.88. The van der Waals surface area contributed by atoms with Gasteiger partial charge < -0.3 is 10.2 Å². The molecule has 2 amide bonds. The molecule has 0 radical (unpaired) electrons. The molecule has 190 valence electrons. The van der Waals surface area contributed by atoms with Gasteiger partial charge in [-0.05, 0) is 29.8 Å². The van der Waals surface area contributed by atoms with E-state index in [9.17, 15) is 26.8 Å². The standard InChI is InChI=1S/C26H27F2N3O4S/c1-29-26(33)24(15-19-9-4-3-5-10-19)30(17-20-11-6-7-14-23(20)28)25(32)18-31(36(2,34)35)22-13-8-12-21(27)16-22/h3-14,16,24H,15,17-18H2,1-2H3,(H,29,33). The molecule has 0 bridgehead atoms. The number of halogens is 2. The van der Waals surface area contributed by atoms with E-state index in [1.165, 1.54) is 37.4 Å². The van der Waals surface area contributed by atoms with Gasteiger partial charge in [0, 0.05) is 25.6 Å². The number of hydrogen-bond donors (Lipinski definition) is 1. The van der Waals surface area contributed by atoms with Gasteiger partial charge in [0.05, 0.1) is 11.9 Å². The van der Waals surface area contributed by atoms with E-state index in [0.29, 0.717) is 0 Å². The normalized spacial score (nSPS) is 12.0. The van der Waals surface area contributed by atoms with Gasteiger partial charge >= 0.3 is 0 Å². The van der Waals surface area contributed by atoms with Crippen molar-refractivity contribution in [1.29, 1.82) is 0 Å². The zero-order valence-corrected chi connectivity index (χ0v) is 20.7. The summed E-state index contributed by atoms with van der Waals surface area (Å²) in [7, 11) is -2.59. The van der Waals surface area contributed by atoms with Gasteiger partial charge in [0.2, 0.25) is 21.8 Å². The van der Waals surface area contributed by atoms with Crippen LogP contribution in [-0.4, -0.2) is 51.0 Å². The second-order valence-electron chi connectivity index (χ2n) is 8.18. The van der Waals surface area contributed by atoms with Crippen LogP contribution in [0.5, 0.6) is 0 Å². The molecule has 3 aromatic carbocycles. The minimum atomic E-state index is -4.01. The summed E-state index contributed by atoms with van der Waals surface area (Å²) in [4.78, 5) is 27.8. The minimum Gasteiger partial charge on any atom is -0.357 e. The lowest BCUT2D eigenvalue weighted by Gasteiger charge is -2.33. The molecule has 0 aliphatic rings. The molecular formula is C26H27F2N3O4S. The molecule has 0 fully saturated rings. The van der Waals surface area contributed by atoms with Crippen molar-refractivity contribution in [2.45, 2.75) is 19.0 Å². The Hall–Kier alpha value is -3.79. The van der Waals surface area contributed by atoms with E-state index in [0.717, 1.165) is 33.2 Å². The molecule has 0 aromatic heterocycles. The fraction of sp³-hybridized carbons (Fsp3) is 0.231. The molecule has 0 aliphatic heterocycles. The van der Waals surface area contributed by atoms with Gasteiger partial charge in [-0.1, -0.05) is 54.6 Å². The SMILES string of the molecule is CNC(=O)C(Cc1ccccc1)N(Cc1ccccc1F)C(=O)CN(c1cccc(F)c1)S(C)(=O)=O. The lowest BCUT2D eigenvalue weighted by molar-refractivity contribution is -0.139. The molecule has 0 spiro atoms.